The number of fused-ring (bicyclic) bond motifs is 1. The highest BCUT2D eigenvalue weighted by atomic mass is 16.7. The lowest BCUT2D eigenvalue weighted by Gasteiger charge is -2.42. The summed E-state index contributed by atoms with van der Waals surface area (Å²) in [7, 11) is 0. The Balaban J connectivity index is 1.52. The van der Waals surface area contributed by atoms with Gasteiger partial charge < -0.3 is 18.9 Å². The third-order valence-electron chi connectivity index (χ3n) is 7.48. The second-order valence-corrected chi connectivity index (χ2v) is 10.9. The van der Waals surface area contributed by atoms with Crippen LogP contribution in [-0.4, -0.2) is 41.5 Å². The molecule has 6 atom stereocenters. The third kappa shape index (κ3) is 2.95. The van der Waals surface area contributed by atoms with Crippen molar-refractivity contribution in [2.24, 2.45) is 23.2 Å². The first-order chi connectivity index (χ1) is 14.5. The molecule has 6 heteroatoms. The molecule has 31 heavy (non-hydrogen) atoms. The van der Waals surface area contributed by atoms with Crippen LogP contribution in [0.3, 0.4) is 0 Å². The maximum atomic E-state index is 13.8. The number of benzene rings is 1. The molecule has 0 radical (unpaired) electrons. The lowest BCUT2D eigenvalue weighted by Crippen LogP contribution is -2.52. The van der Waals surface area contributed by atoms with Crippen molar-refractivity contribution in [2.45, 2.75) is 77.2 Å². The van der Waals surface area contributed by atoms with Gasteiger partial charge in [-0.15, -0.1) is 0 Å². The van der Waals surface area contributed by atoms with Gasteiger partial charge in [-0.25, -0.2) is 0 Å². The molecule has 0 aromatic heterocycles. The van der Waals surface area contributed by atoms with Crippen LogP contribution < -0.4 is 0 Å². The van der Waals surface area contributed by atoms with Crippen LogP contribution in [0.25, 0.3) is 0 Å². The van der Waals surface area contributed by atoms with E-state index in [9.17, 15) is 9.59 Å². The van der Waals surface area contributed by atoms with Crippen molar-refractivity contribution in [1.29, 1.82) is 0 Å². The van der Waals surface area contributed by atoms with Gasteiger partial charge in [0.05, 0.1) is 30.8 Å². The maximum absolute atomic E-state index is 13.8. The van der Waals surface area contributed by atoms with Crippen LogP contribution in [-0.2, 0) is 35.1 Å². The molecule has 168 valence electrons. The summed E-state index contributed by atoms with van der Waals surface area (Å²) in [6.45, 7) is 10.0. The molecule has 4 bridgehead atoms. The van der Waals surface area contributed by atoms with Gasteiger partial charge in [-0.3, -0.25) is 9.59 Å². The molecule has 4 aliphatic carbocycles. The van der Waals surface area contributed by atoms with Crippen molar-refractivity contribution < 1.29 is 28.5 Å². The Labute approximate surface area is 183 Å². The predicted molar refractivity (Wildman–Crippen MR) is 112 cm³/mol. The standard InChI is InChI=1S/C25H32O6/c1-22(2,3)31-21(27)25-18(17-14-28-23(4,5)30-17)16-11-12-24(25,20(25)19(16)26)29-13-15-9-7-6-8-10-15/h6-10,16-18,20H,11-14H2,1-5H3/t16-,17-,18-,20+,24+,25+/m1/s1. The third-order valence-corrected chi connectivity index (χ3v) is 7.48. The first-order valence-electron chi connectivity index (χ1n) is 11.3. The number of ketones is 1. The summed E-state index contributed by atoms with van der Waals surface area (Å²) in [5, 5.41) is 0. The molecule has 5 aliphatic rings. The fraction of sp³-hybridized carbons (Fsp3) is 0.680. The molecule has 0 spiro atoms. The van der Waals surface area contributed by atoms with Crippen molar-refractivity contribution in [3.05, 3.63) is 35.9 Å². The van der Waals surface area contributed by atoms with Crippen LogP contribution in [0.1, 0.15) is 53.0 Å². The molecule has 1 aromatic carbocycles. The van der Waals surface area contributed by atoms with Crippen molar-refractivity contribution >= 4 is 11.8 Å². The Morgan fingerprint density at radius 3 is 2.52 bits per heavy atom. The smallest absolute Gasteiger partial charge is 0.316 e. The SMILES string of the molecule is CC(C)(C)OC(=O)[C@@]12[C@@H]([C@H]3COC(C)(C)O3)[C@H]3CC[C@]1(OCc1ccccc1)[C@@H]2C3=O. The molecule has 1 saturated heterocycles. The summed E-state index contributed by atoms with van der Waals surface area (Å²) in [4.78, 5) is 27.2. The summed E-state index contributed by atoms with van der Waals surface area (Å²) in [5.74, 6) is -1.88. The molecule has 1 aliphatic heterocycles. The molecule has 1 heterocycles. The molecule has 6 nitrogen and oxygen atoms in total. The summed E-state index contributed by atoms with van der Waals surface area (Å²) in [6, 6.07) is 9.88. The first kappa shape index (κ1) is 21.1. The number of ether oxygens (including phenoxy) is 4. The Bertz CT molecular complexity index is 902. The topological polar surface area (TPSA) is 71.1 Å². The van der Waals surface area contributed by atoms with Gasteiger partial charge in [-0.1, -0.05) is 30.3 Å². The van der Waals surface area contributed by atoms with Gasteiger partial charge >= 0.3 is 5.97 Å². The van der Waals surface area contributed by atoms with Gasteiger partial charge in [-0.05, 0) is 53.0 Å². The van der Waals surface area contributed by atoms with E-state index in [1.54, 1.807) is 0 Å². The molecular weight excluding hydrogens is 396 g/mol. The van der Waals surface area contributed by atoms with Crippen LogP contribution in [0.2, 0.25) is 0 Å². The first-order valence-corrected chi connectivity index (χ1v) is 11.3. The average molecular weight is 429 g/mol. The van der Waals surface area contributed by atoms with Crippen LogP contribution in [0.15, 0.2) is 30.3 Å². The minimum Gasteiger partial charge on any atom is -0.459 e. The number of carbonyl (C=O) groups is 2. The Hall–Kier alpha value is -1.76. The lowest BCUT2D eigenvalue weighted by atomic mass is 9.68. The molecule has 0 N–H and O–H groups in total. The van der Waals surface area contributed by atoms with Crippen molar-refractivity contribution in [3.8, 4) is 0 Å². The van der Waals surface area contributed by atoms with Gasteiger partial charge in [0.25, 0.3) is 0 Å². The van der Waals surface area contributed by atoms with E-state index in [1.165, 1.54) is 0 Å². The Morgan fingerprint density at radius 1 is 1.19 bits per heavy atom. The van der Waals surface area contributed by atoms with E-state index < -0.39 is 28.3 Å². The van der Waals surface area contributed by atoms with E-state index in [4.69, 9.17) is 18.9 Å². The van der Waals surface area contributed by atoms with Gasteiger partial charge in [0, 0.05) is 11.8 Å². The van der Waals surface area contributed by atoms with E-state index in [0.717, 1.165) is 5.56 Å². The van der Waals surface area contributed by atoms with Crippen LogP contribution in [0.4, 0.5) is 0 Å². The molecule has 4 saturated carbocycles. The second kappa shape index (κ2) is 6.63. The van der Waals surface area contributed by atoms with E-state index in [2.05, 4.69) is 0 Å². The van der Waals surface area contributed by atoms with Crippen LogP contribution >= 0.6 is 0 Å². The summed E-state index contributed by atoms with van der Waals surface area (Å²) < 4.78 is 24.5. The maximum Gasteiger partial charge on any atom is 0.316 e. The van der Waals surface area contributed by atoms with E-state index >= 15 is 0 Å². The Kier molecular flexibility index (Phi) is 4.51. The molecule has 0 unspecified atom stereocenters. The largest absolute Gasteiger partial charge is 0.459 e. The molecule has 5 fully saturated rings. The minimum absolute atomic E-state index is 0.128. The predicted octanol–water partition coefficient (Wildman–Crippen LogP) is 3.66. The number of rotatable bonds is 5. The number of esters is 1. The number of hydrogen-bond acceptors (Lipinski definition) is 6. The average Bonchev–Trinajstić information content (AvgIpc) is 3.05. The van der Waals surface area contributed by atoms with Crippen molar-refractivity contribution in [1.82, 2.24) is 0 Å². The zero-order valence-corrected chi connectivity index (χ0v) is 19.0. The number of hydrogen-bond donors (Lipinski definition) is 0. The molecule has 0 amide bonds. The van der Waals surface area contributed by atoms with E-state index in [-0.39, 0.29) is 29.7 Å². The number of carbonyl (C=O) groups excluding carboxylic acids is 2. The van der Waals surface area contributed by atoms with Gasteiger partial charge in [0.15, 0.2) is 5.79 Å². The van der Waals surface area contributed by atoms with E-state index in [1.807, 2.05) is 65.0 Å². The van der Waals surface area contributed by atoms with Gasteiger partial charge in [0.1, 0.15) is 16.8 Å². The highest BCUT2D eigenvalue weighted by molar-refractivity contribution is 6.05. The second-order valence-electron chi connectivity index (χ2n) is 10.9. The van der Waals surface area contributed by atoms with Gasteiger partial charge in [-0.2, -0.15) is 0 Å². The highest BCUT2D eigenvalue weighted by Gasteiger charge is 2.95. The Morgan fingerprint density at radius 2 is 1.90 bits per heavy atom. The normalized spacial score (nSPS) is 40.1. The summed E-state index contributed by atoms with van der Waals surface area (Å²) >= 11 is 0. The molecular formula is C25H32O6. The molecule has 1 aromatic rings. The zero-order chi connectivity index (χ0) is 22.2. The van der Waals surface area contributed by atoms with E-state index in [0.29, 0.717) is 26.1 Å². The summed E-state index contributed by atoms with van der Waals surface area (Å²) in [5.41, 5.74) is -1.45. The van der Waals surface area contributed by atoms with Crippen LogP contribution in [0.5, 0.6) is 0 Å². The fourth-order valence-corrected chi connectivity index (χ4v) is 6.51. The zero-order valence-electron chi connectivity index (χ0n) is 19.0. The highest BCUT2D eigenvalue weighted by Crippen LogP contribution is 2.81. The van der Waals surface area contributed by atoms with Crippen molar-refractivity contribution in [2.75, 3.05) is 6.61 Å². The van der Waals surface area contributed by atoms with Gasteiger partial charge in [0.2, 0.25) is 0 Å². The monoisotopic (exact) mass is 428 g/mol. The number of Topliss-reactive ketones (excluding diaryl/α,β-unsaturated/α-hetero) is 1. The minimum atomic E-state index is -0.997. The lowest BCUT2D eigenvalue weighted by molar-refractivity contribution is -0.188. The van der Waals surface area contributed by atoms with Crippen LogP contribution in [0, 0.1) is 23.2 Å². The quantitative estimate of drug-likeness (QED) is 0.667. The van der Waals surface area contributed by atoms with Crippen molar-refractivity contribution in [3.63, 3.8) is 0 Å². The molecule has 6 rings (SSSR count). The summed E-state index contributed by atoms with van der Waals surface area (Å²) in [6.07, 6.45) is 1.07. The fourth-order valence-electron chi connectivity index (χ4n) is 6.51.